The van der Waals surface area contributed by atoms with E-state index >= 15 is 0 Å². The molecule has 0 bridgehead atoms. The fourth-order valence-electron chi connectivity index (χ4n) is 2.64. The Kier molecular flexibility index (Phi) is 5.32. The van der Waals surface area contributed by atoms with Crippen LogP contribution in [-0.2, 0) is 0 Å². The van der Waals surface area contributed by atoms with E-state index in [0.717, 1.165) is 18.4 Å². The van der Waals surface area contributed by atoms with Crippen LogP contribution in [0.15, 0.2) is 59.7 Å². The molecule has 0 amide bonds. The minimum atomic E-state index is 0.422. The number of nitrogens with one attached hydrogen (secondary N) is 1. The molecule has 110 valence electrons. The van der Waals surface area contributed by atoms with E-state index in [1.807, 2.05) is 0 Å². The van der Waals surface area contributed by atoms with Crippen LogP contribution in [0.5, 0.6) is 0 Å². The first-order valence-corrected chi connectivity index (χ1v) is 7.78. The van der Waals surface area contributed by atoms with E-state index < -0.39 is 0 Å². The van der Waals surface area contributed by atoms with Crippen molar-refractivity contribution in [3.63, 3.8) is 0 Å². The topological polar surface area (TPSA) is 23.9 Å². The van der Waals surface area contributed by atoms with Crippen molar-refractivity contribution >= 4 is 11.8 Å². The highest BCUT2D eigenvalue weighted by Gasteiger charge is 2.14. The summed E-state index contributed by atoms with van der Waals surface area (Å²) in [5.74, 6) is 1.01. The first-order valence-electron chi connectivity index (χ1n) is 7.78. The van der Waals surface area contributed by atoms with Crippen LogP contribution >= 0.6 is 0 Å². The number of benzene rings is 1. The second kappa shape index (κ2) is 7.21. The van der Waals surface area contributed by atoms with Gasteiger partial charge >= 0.3 is 0 Å². The second-order valence-corrected chi connectivity index (χ2v) is 6.09. The average Bonchev–Trinajstić information content (AvgIpc) is 2.50. The van der Waals surface area contributed by atoms with Gasteiger partial charge in [-0.2, -0.15) is 0 Å². The molecule has 1 heteroatoms. The highest BCUT2D eigenvalue weighted by Crippen LogP contribution is 2.31. The molecule has 0 saturated heterocycles. The van der Waals surface area contributed by atoms with E-state index in [9.17, 15) is 0 Å². The minimum absolute atomic E-state index is 0.422. The van der Waals surface area contributed by atoms with Gasteiger partial charge in [-0.3, -0.25) is 0 Å². The van der Waals surface area contributed by atoms with Crippen LogP contribution in [0.4, 0.5) is 0 Å². The summed E-state index contributed by atoms with van der Waals surface area (Å²) in [5.41, 5.74) is 5.22. The Bertz CT molecular complexity index is 573. The molecule has 1 atom stereocenters. The zero-order valence-electron chi connectivity index (χ0n) is 13.3. The largest absolute Gasteiger partial charge is 0.308 e. The molecule has 0 saturated carbocycles. The van der Waals surface area contributed by atoms with E-state index in [2.05, 4.69) is 69.3 Å². The van der Waals surface area contributed by atoms with Gasteiger partial charge in [-0.15, -0.1) is 0 Å². The summed E-state index contributed by atoms with van der Waals surface area (Å²) in [5, 5.41) is 7.51. The maximum atomic E-state index is 7.51. The summed E-state index contributed by atoms with van der Waals surface area (Å²) >= 11 is 0. The standard InChI is InChI=1S/C20H25N/c1-15(2)20(14-21)12-11-18-13-19(10-9-16(18)3)17-7-5-4-6-8-17/h4-8,10,12-16,21H,9,11H2,1-3H3/b20-12+,21-14?. The van der Waals surface area contributed by atoms with Crippen LogP contribution in [0.2, 0.25) is 0 Å². The summed E-state index contributed by atoms with van der Waals surface area (Å²) in [4.78, 5) is 0. The van der Waals surface area contributed by atoms with Crippen LogP contribution in [-0.4, -0.2) is 6.21 Å². The molecule has 2 rings (SSSR count). The van der Waals surface area contributed by atoms with E-state index in [-0.39, 0.29) is 0 Å². The molecule has 1 nitrogen and oxygen atoms in total. The van der Waals surface area contributed by atoms with Gasteiger partial charge in [0.1, 0.15) is 0 Å². The van der Waals surface area contributed by atoms with Crippen molar-refractivity contribution in [1.29, 1.82) is 5.41 Å². The molecule has 1 aromatic rings. The summed E-state index contributed by atoms with van der Waals surface area (Å²) in [6.45, 7) is 6.58. The fourth-order valence-corrected chi connectivity index (χ4v) is 2.64. The predicted octanol–water partition coefficient (Wildman–Crippen LogP) is 5.66. The van der Waals surface area contributed by atoms with Gasteiger partial charge in [-0.05, 0) is 41.4 Å². The Hall–Kier alpha value is -1.89. The van der Waals surface area contributed by atoms with E-state index in [1.165, 1.54) is 22.9 Å². The van der Waals surface area contributed by atoms with Crippen LogP contribution in [0.3, 0.4) is 0 Å². The van der Waals surface area contributed by atoms with Gasteiger partial charge in [0.25, 0.3) is 0 Å². The summed E-state index contributed by atoms with van der Waals surface area (Å²) < 4.78 is 0. The molecule has 0 aromatic heterocycles. The lowest BCUT2D eigenvalue weighted by Gasteiger charge is -2.20. The normalized spacial score (nSPS) is 19.2. The number of hydrogen-bond acceptors (Lipinski definition) is 1. The lowest BCUT2D eigenvalue weighted by molar-refractivity contribution is 0.670. The van der Waals surface area contributed by atoms with Gasteiger partial charge in [0, 0.05) is 6.21 Å². The zero-order valence-corrected chi connectivity index (χ0v) is 13.3. The molecule has 1 aliphatic rings. The molecular weight excluding hydrogens is 254 g/mol. The van der Waals surface area contributed by atoms with Crippen LogP contribution in [0.1, 0.15) is 39.2 Å². The van der Waals surface area contributed by atoms with Crippen molar-refractivity contribution in [2.75, 3.05) is 0 Å². The molecule has 0 spiro atoms. The Labute approximate surface area is 128 Å². The Morgan fingerprint density at radius 2 is 2.00 bits per heavy atom. The molecule has 0 heterocycles. The van der Waals surface area contributed by atoms with Gasteiger partial charge in [0.05, 0.1) is 0 Å². The van der Waals surface area contributed by atoms with Crippen molar-refractivity contribution in [1.82, 2.24) is 0 Å². The number of hydrogen-bond donors (Lipinski definition) is 1. The third-order valence-electron chi connectivity index (χ3n) is 4.18. The van der Waals surface area contributed by atoms with Gasteiger partial charge in [-0.1, -0.05) is 74.9 Å². The number of rotatable bonds is 5. The van der Waals surface area contributed by atoms with Gasteiger partial charge in [0.15, 0.2) is 0 Å². The Morgan fingerprint density at radius 1 is 1.29 bits per heavy atom. The average molecular weight is 279 g/mol. The zero-order chi connectivity index (χ0) is 15.2. The smallest absolute Gasteiger partial charge is 0.0209 e. The molecule has 0 fully saturated rings. The lowest BCUT2D eigenvalue weighted by Crippen LogP contribution is -2.04. The van der Waals surface area contributed by atoms with Crippen LogP contribution < -0.4 is 0 Å². The minimum Gasteiger partial charge on any atom is -0.308 e. The molecule has 1 aliphatic carbocycles. The molecule has 1 N–H and O–H groups in total. The van der Waals surface area contributed by atoms with Crippen molar-refractivity contribution in [3.05, 3.63) is 65.3 Å². The predicted molar refractivity (Wildman–Crippen MR) is 92.6 cm³/mol. The maximum absolute atomic E-state index is 7.51. The molecule has 1 unspecified atom stereocenters. The van der Waals surface area contributed by atoms with Crippen LogP contribution in [0, 0.1) is 17.2 Å². The van der Waals surface area contributed by atoms with Gasteiger partial charge in [-0.25, -0.2) is 0 Å². The molecule has 0 radical (unpaired) electrons. The van der Waals surface area contributed by atoms with Crippen molar-refractivity contribution < 1.29 is 0 Å². The molecule has 0 aliphatic heterocycles. The quantitative estimate of drug-likeness (QED) is 0.673. The van der Waals surface area contributed by atoms with E-state index in [0.29, 0.717) is 11.8 Å². The Morgan fingerprint density at radius 3 is 2.62 bits per heavy atom. The van der Waals surface area contributed by atoms with Gasteiger partial charge in [0.2, 0.25) is 0 Å². The SMILES string of the molecule is CC1CC=C(c2ccccc2)C=C1C/C=C(\C=N)C(C)C. The summed E-state index contributed by atoms with van der Waals surface area (Å²) in [7, 11) is 0. The second-order valence-electron chi connectivity index (χ2n) is 6.09. The van der Waals surface area contributed by atoms with Gasteiger partial charge < -0.3 is 5.41 Å². The molecule has 1 aromatic carbocycles. The highest BCUT2D eigenvalue weighted by molar-refractivity contribution is 5.77. The molecule has 21 heavy (non-hydrogen) atoms. The third kappa shape index (κ3) is 4.04. The van der Waals surface area contributed by atoms with E-state index in [1.54, 1.807) is 0 Å². The molecular formula is C20H25N. The first-order chi connectivity index (χ1) is 10.1. The van der Waals surface area contributed by atoms with Crippen molar-refractivity contribution in [2.45, 2.75) is 33.6 Å². The Balaban J connectivity index is 2.20. The van der Waals surface area contributed by atoms with E-state index in [4.69, 9.17) is 5.41 Å². The summed E-state index contributed by atoms with van der Waals surface area (Å²) in [6, 6.07) is 10.6. The maximum Gasteiger partial charge on any atom is 0.0209 e. The lowest BCUT2D eigenvalue weighted by atomic mass is 9.85. The highest BCUT2D eigenvalue weighted by atomic mass is 14.3. The number of allylic oxidation sites excluding steroid dienone is 6. The third-order valence-corrected chi connectivity index (χ3v) is 4.18. The van der Waals surface area contributed by atoms with Crippen LogP contribution in [0.25, 0.3) is 5.57 Å². The summed E-state index contributed by atoms with van der Waals surface area (Å²) in [6.07, 6.45) is 10.4. The van der Waals surface area contributed by atoms with Crippen molar-refractivity contribution in [2.24, 2.45) is 11.8 Å². The monoisotopic (exact) mass is 279 g/mol. The fraction of sp³-hybridized carbons (Fsp3) is 0.350. The first kappa shape index (κ1) is 15.5. The van der Waals surface area contributed by atoms with Crippen molar-refractivity contribution in [3.8, 4) is 0 Å².